The van der Waals surface area contributed by atoms with Crippen LogP contribution < -0.4 is 5.56 Å². The number of fused-ring (bicyclic) bond motifs is 1. The highest BCUT2D eigenvalue weighted by Crippen LogP contribution is 2.14. The SMILES string of the molecule is Cc1nc2c(=O)ncnc-2n(C)c1C. The van der Waals surface area contributed by atoms with Crippen LogP contribution in [0.3, 0.4) is 0 Å². The molecule has 0 bridgehead atoms. The second-order valence-electron chi connectivity index (χ2n) is 3.19. The molecular weight excluding hydrogens is 180 g/mol. The van der Waals surface area contributed by atoms with E-state index in [1.807, 2.05) is 25.5 Å². The number of rotatable bonds is 0. The Hall–Kier alpha value is -1.78. The molecule has 5 heteroatoms. The van der Waals surface area contributed by atoms with E-state index in [1.54, 1.807) is 0 Å². The minimum absolute atomic E-state index is 0.325. The summed E-state index contributed by atoms with van der Waals surface area (Å²) in [7, 11) is 1.86. The van der Waals surface area contributed by atoms with Crippen molar-refractivity contribution in [2.45, 2.75) is 13.8 Å². The van der Waals surface area contributed by atoms with E-state index < -0.39 is 0 Å². The third kappa shape index (κ3) is 1.09. The smallest absolute Gasteiger partial charge is 0.300 e. The Kier molecular flexibility index (Phi) is 1.80. The molecule has 2 rings (SSSR count). The molecule has 0 amide bonds. The Morgan fingerprint density at radius 1 is 1.29 bits per heavy atom. The monoisotopic (exact) mass is 190 g/mol. The molecule has 0 aromatic carbocycles. The lowest BCUT2D eigenvalue weighted by atomic mass is 10.3. The molecule has 14 heavy (non-hydrogen) atoms. The molecule has 0 atom stereocenters. The standard InChI is InChI=1S/C9H10N4O/c1-5-6(2)13(3)8-7(12-5)9(14)11-4-10-8/h4H,1-3H3. The maximum absolute atomic E-state index is 11.4. The van der Waals surface area contributed by atoms with Crippen molar-refractivity contribution < 1.29 is 0 Å². The van der Waals surface area contributed by atoms with Crippen molar-refractivity contribution in [3.63, 3.8) is 0 Å². The van der Waals surface area contributed by atoms with Crippen LogP contribution in [0.15, 0.2) is 11.1 Å². The van der Waals surface area contributed by atoms with Gasteiger partial charge in [-0.2, -0.15) is 4.98 Å². The Morgan fingerprint density at radius 2 is 2.00 bits per heavy atom. The van der Waals surface area contributed by atoms with Gasteiger partial charge < -0.3 is 4.57 Å². The van der Waals surface area contributed by atoms with Crippen LogP contribution in [0.5, 0.6) is 0 Å². The lowest BCUT2D eigenvalue weighted by Crippen LogP contribution is -2.19. The van der Waals surface area contributed by atoms with Crippen LogP contribution in [0.4, 0.5) is 0 Å². The zero-order chi connectivity index (χ0) is 10.3. The Balaban J connectivity index is 2.97. The average molecular weight is 190 g/mol. The fourth-order valence-corrected chi connectivity index (χ4v) is 1.35. The maximum atomic E-state index is 11.4. The van der Waals surface area contributed by atoms with Gasteiger partial charge in [-0.15, -0.1) is 0 Å². The van der Waals surface area contributed by atoms with Crippen LogP contribution in [0.25, 0.3) is 11.5 Å². The van der Waals surface area contributed by atoms with Crippen molar-refractivity contribution in [2.24, 2.45) is 7.05 Å². The molecule has 0 aliphatic carbocycles. The summed E-state index contributed by atoms with van der Waals surface area (Å²) < 4.78 is 1.85. The molecule has 0 aromatic rings. The molecule has 0 fully saturated rings. The van der Waals surface area contributed by atoms with Crippen molar-refractivity contribution in [1.82, 2.24) is 19.5 Å². The molecule has 0 saturated carbocycles. The second-order valence-corrected chi connectivity index (χ2v) is 3.19. The predicted octanol–water partition coefficient (Wildman–Crippen LogP) is 0.292. The van der Waals surface area contributed by atoms with E-state index in [0.717, 1.165) is 11.4 Å². The van der Waals surface area contributed by atoms with Crippen LogP contribution in [-0.2, 0) is 7.05 Å². The van der Waals surface area contributed by atoms with Crippen LogP contribution in [0, 0.1) is 13.8 Å². The minimum atomic E-state index is -0.325. The minimum Gasteiger partial charge on any atom is -0.330 e. The molecule has 5 nitrogen and oxygen atoms in total. The molecule has 0 unspecified atom stereocenters. The molecule has 0 spiro atoms. The third-order valence-corrected chi connectivity index (χ3v) is 2.39. The topological polar surface area (TPSA) is 60.7 Å². The van der Waals surface area contributed by atoms with E-state index >= 15 is 0 Å². The Labute approximate surface area is 80.8 Å². The van der Waals surface area contributed by atoms with E-state index in [1.165, 1.54) is 6.33 Å². The zero-order valence-corrected chi connectivity index (χ0v) is 8.27. The Morgan fingerprint density at radius 3 is 2.71 bits per heavy atom. The van der Waals surface area contributed by atoms with Gasteiger partial charge in [0.2, 0.25) is 0 Å². The van der Waals surface area contributed by atoms with Gasteiger partial charge in [0.25, 0.3) is 0 Å². The number of hydrogen-bond donors (Lipinski definition) is 0. The van der Waals surface area contributed by atoms with Gasteiger partial charge >= 0.3 is 5.56 Å². The van der Waals surface area contributed by atoms with Crippen molar-refractivity contribution >= 4 is 0 Å². The van der Waals surface area contributed by atoms with E-state index in [0.29, 0.717) is 11.5 Å². The summed E-state index contributed by atoms with van der Waals surface area (Å²) in [5.74, 6) is 0.577. The highest BCUT2D eigenvalue weighted by molar-refractivity contribution is 5.50. The lowest BCUT2D eigenvalue weighted by molar-refractivity contribution is 0.792. The van der Waals surface area contributed by atoms with Gasteiger partial charge in [0.05, 0.1) is 5.69 Å². The largest absolute Gasteiger partial charge is 0.330 e. The number of hydrogen-bond acceptors (Lipinski definition) is 4. The van der Waals surface area contributed by atoms with E-state index in [-0.39, 0.29) is 5.56 Å². The van der Waals surface area contributed by atoms with Crippen molar-refractivity contribution in [3.05, 3.63) is 28.1 Å². The number of aryl methyl sites for hydroxylation is 1. The van der Waals surface area contributed by atoms with Crippen molar-refractivity contribution in [2.75, 3.05) is 0 Å². The van der Waals surface area contributed by atoms with Crippen molar-refractivity contribution in [3.8, 4) is 11.5 Å². The van der Waals surface area contributed by atoms with Gasteiger partial charge in [-0.05, 0) is 13.8 Å². The molecule has 0 aromatic heterocycles. The first kappa shape index (κ1) is 8.80. The number of aromatic nitrogens is 4. The first-order chi connectivity index (χ1) is 6.61. The first-order valence-electron chi connectivity index (χ1n) is 4.26. The fourth-order valence-electron chi connectivity index (χ4n) is 1.35. The van der Waals surface area contributed by atoms with Crippen LogP contribution in [-0.4, -0.2) is 19.5 Å². The quantitative estimate of drug-likeness (QED) is 0.599. The summed E-state index contributed by atoms with van der Waals surface area (Å²) in [6, 6.07) is 0. The predicted molar refractivity (Wildman–Crippen MR) is 51.2 cm³/mol. The summed E-state index contributed by atoms with van der Waals surface area (Å²) in [4.78, 5) is 23.2. The summed E-state index contributed by atoms with van der Waals surface area (Å²) in [6.07, 6.45) is 1.26. The number of nitrogens with zero attached hydrogens (tertiary/aromatic N) is 4. The van der Waals surface area contributed by atoms with E-state index in [4.69, 9.17) is 0 Å². The molecular formula is C9H10N4O. The van der Waals surface area contributed by atoms with Gasteiger partial charge in [-0.3, -0.25) is 4.79 Å². The Bertz CT molecular complexity index is 517. The molecule has 72 valence electrons. The second kappa shape index (κ2) is 2.87. The fraction of sp³-hybridized carbons (Fsp3) is 0.333. The normalized spacial score (nSPS) is 10.8. The van der Waals surface area contributed by atoms with Crippen molar-refractivity contribution in [1.29, 1.82) is 0 Å². The molecule has 0 saturated heterocycles. The summed E-state index contributed by atoms with van der Waals surface area (Å²) >= 11 is 0. The molecule has 2 aliphatic heterocycles. The zero-order valence-electron chi connectivity index (χ0n) is 8.27. The summed E-state index contributed by atoms with van der Waals surface area (Å²) in [5, 5.41) is 0. The van der Waals surface area contributed by atoms with Gasteiger partial charge in [0.15, 0.2) is 11.5 Å². The van der Waals surface area contributed by atoms with Crippen LogP contribution in [0.1, 0.15) is 11.4 Å². The summed E-state index contributed by atoms with van der Waals surface area (Å²) in [5.41, 5.74) is 1.83. The van der Waals surface area contributed by atoms with Gasteiger partial charge in [-0.1, -0.05) is 0 Å². The molecule has 2 heterocycles. The average Bonchev–Trinajstić information content (AvgIpc) is 2.17. The molecule has 0 N–H and O–H groups in total. The van der Waals surface area contributed by atoms with E-state index in [9.17, 15) is 4.79 Å². The highest BCUT2D eigenvalue weighted by Gasteiger charge is 2.14. The van der Waals surface area contributed by atoms with Crippen LogP contribution >= 0.6 is 0 Å². The van der Waals surface area contributed by atoms with Gasteiger partial charge in [-0.25, -0.2) is 9.97 Å². The lowest BCUT2D eigenvalue weighted by Gasteiger charge is -2.13. The van der Waals surface area contributed by atoms with Gasteiger partial charge in [0, 0.05) is 12.7 Å². The molecule has 0 radical (unpaired) electrons. The first-order valence-corrected chi connectivity index (χ1v) is 4.26. The van der Waals surface area contributed by atoms with E-state index in [2.05, 4.69) is 15.0 Å². The molecule has 2 aliphatic rings. The van der Waals surface area contributed by atoms with Gasteiger partial charge in [0.1, 0.15) is 6.33 Å². The maximum Gasteiger partial charge on any atom is 0.300 e. The summed E-state index contributed by atoms with van der Waals surface area (Å²) in [6.45, 7) is 3.80. The highest BCUT2D eigenvalue weighted by atomic mass is 16.1. The third-order valence-electron chi connectivity index (χ3n) is 2.39. The van der Waals surface area contributed by atoms with Crippen LogP contribution in [0.2, 0.25) is 0 Å².